The molecule has 0 saturated heterocycles. The summed E-state index contributed by atoms with van der Waals surface area (Å²) in [5.74, 6) is -0.755. The first kappa shape index (κ1) is 18.1. The molecule has 2 amide bonds. The van der Waals surface area contributed by atoms with Crippen LogP contribution in [0.2, 0.25) is 0 Å². The maximum atomic E-state index is 12.3. The summed E-state index contributed by atoms with van der Waals surface area (Å²) in [6, 6.07) is 3.84. The van der Waals surface area contributed by atoms with Gasteiger partial charge < -0.3 is 0 Å². The lowest BCUT2D eigenvalue weighted by Crippen LogP contribution is -2.30. The molecule has 1 aliphatic heterocycles. The molecule has 0 fully saturated rings. The number of hydrogen-bond donors (Lipinski definition) is 0. The molecule has 1 heterocycles. The van der Waals surface area contributed by atoms with Gasteiger partial charge in [0, 0.05) is 18.7 Å². The van der Waals surface area contributed by atoms with Crippen LogP contribution < -0.4 is 0 Å². The van der Waals surface area contributed by atoms with Crippen molar-refractivity contribution in [1.29, 1.82) is 0 Å². The number of hydrogen-bond acceptors (Lipinski definition) is 4. The Kier molecular flexibility index (Phi) is 6.46. The van der Waals surface area contributed by atoms with Crippen LogP contribution in [-0.4, -0.2) is 28.2 Å². The van der Waals surface area contributed by atoms with Crippen molar-refractivity contribution in [3.8, 4) is 0 Å². The van der Waals surface area contributed by atoms with Gasteiger partial charge in [0.05, 0.1) is 16.1 Å². The maximum Gasteiger partial charge on any atom is 0.270 e. The minimum Gasteiger partial charge on any atom is -0.274 e. The van der Waals surface area contributed by atoms with Gasteiger partial charge in [-0.05, 0) is 12.5 Å². The van der Waals surface area contributed by atoms with Gasteiger partial charge in [0.2, 0.25) is 0 Å². The number of fused-ring (bicyclic) bond motifs is 1. The smallest absolute Gasteiger partial charge is 0.270 e. The summed E-state index contributed by atoms with van der Waals surface area (Å²) in [5, 5.41) is 10.8. The lowest BCUT2D eigenvalue weighted by atomic mass is 10.1. The number of benzene rings is 1. The van der Waals surface area contributed by atoms with Crippen LogP contribution >= 0.6 is 0 Å². The van der Waals surface area contributed by atoms with E-state index in [-0.39, 0.29) is 22.7 Å². The minimum absolute atomic E-state index is 0.147. The molecule has 0 N–H and O–H groups in total. The number of imide groups is 1. The normalized spacial score (nSPS) is 13.5. The summed E-state index contributed by atoms with van der Waals surface area (Å²) >= 11 is 0. The Balaban J connectivity index is 1.82. The van der Waals surface area contributed by atoms with Crippen LogP contribution in [0.15, 0.2) is 18.2 Å². The van der Waals surface area contributed by atoms with Crippen molar-refractivity contribution in [2.24, 2.45) is 0 Å². The Morgan fingerprint density at radius 2 is 1.50 bits per heavy atom. The average molecular weight is 332 g/mol. The summed E-state index contributed by atoms with van der Waals surface area (Å²) in [7, 11) is 0. The first-order chi connectivity index (χ1) is 11.6. The second-order valence-corrected chi connectivity index (χ2v) is 6.22. The van der Waals surface area contributed by atoms with Crippen LogP contribution in [0.3, 0.4) is 0 Å². The minimum atomic E-state index is -0.556. The maximum absolute atomic E-state index is 12.3. The van der Waals surface area contributed by atoms with Gasteiger partial charge in [-0.2, -0.15) is 0 Å². The second kappa shape index (κ2) is 8.57. The second-order valence-electron chi connectivity index (χ2n) is 6.22. The van der Waals surface area contributed by atoms with Crippen molar-refractivity contribution in [1.82, 2.24) is 4.90 Å². The zero-order valence-electron chi connectivity index (χ0n) is 14.1. The van der Waals surface area contributed by atoms with Gasteiger partial charge in [-0.1, -0.05) is 51.9 Å². The Labute approximate surface area is 142 Å². The predicted octanol–water partition coefficient (Wildman–Crippen LogP) is 4.33. The molecular weight excluding hydrogens is 308 g/mol. The van der Waals surface area contributed by atoms with Crippen LogP contribution in [0.1, 0.15) is 79.0 Å². The zero-order chi connectivity index (χ0) is 17.5. The largest absolute Gasteiger partial charge is 0.274 e. The summed E-state index contributed by atoms with van der Waals surface area (Å²) in [6.45, 7) is 2.58. The third kappa shape index (κ3) is 4.19. The van der Waals surface area contributed by atoms with Crippen LogP contribution in [0, 0.1) is 10.1 Å². The van der Waals surface area contributed by atoms with Crippen molar-refractivity contribution >= 4 is 17.5 Å². The third-order valence-corrected chi connectivity index (χ3v) is 4.40. The van der Waals surface area contributed by atoms with Gasteiger partial charge >= 0.3 is 0 Å². The van der Waals surface area contributed by atoms with E-state index in [0.29, 0.717) is 6.54 Å². The van der Waals surface area contributed by atoms with E-state index < -0.39 is 10.8 Å². The molecule has 0 unspecified atom stereocenters. The fourth-order valence-corrected chi connectivity index (χ4v) is 3.00. The van der Waals surface area contributed by atoms with Gasteiger partial charge in [0.1, 0.15) is 0 Å². The molecule has 0 spiro atoms. The molecule has 0 saturated carbocycles. The highest BCUT2D eigenvalue weighted by atomic mass is 16.6. The number of nitrogens with zero attached hydrogens (tertiary/aromatic N) is 2. The van der Waals surface area contributed by atoms with E-state index in [9.17, 15) is 19.7 Å². The molecule has 130 valence electrons. The third-order valence-electron chi connectivity index (χ3n) is 4.40. The lowest BCUT2D eigenvalue weighted by Gasteiger charge is -2.13. The number of carbonyl (C=O) groups excluding carboxylic acids is 2. The van der Waals surface area contributed by atoms with Crippen molar-refractivity contribution < 1.29 is 14.5 Å². The van der Waals surface area contributed by atoms with Crippen molar-refractivity contribution in [2.75, 3.05) is 6.54 Å². The Bertz CT molecular complexity index is 627. The summed E-state index contributed by atoms with van der Waals surface area (Å²) in [6.07, 6.45) is 9.09. The molecule has 1 aromatic rings. The molecule has 1 aliphatic rings. The van der Waals surface area contributed by atoms with Gasteiger partial charge in [-0.15, -0.1) is 0 Å². The van der Waals surface area contributed by atoms with Crippen LogP contribution in [0.5, 0.6) is 0 Å². The lowest BCUT2D eigenvalue weighted by molar-refractivity contribution is -0.384. The van der Waals surface area contributed by atoms with E-state index in [4.69, 9.17) is 0 Å². The summed E-state index contributed by atoms with van der Waals surface area (Å²) in [4.78, 5) is 36.0. The molecule has 2 rings (SSSR count). The Morgan fingerprint density at radius 1 is 0.917 bits per heavy atom. The molecule has 6 heteroatoms. The van der Waals surface area contributed by atoms with Gasteiger partial charge in [-0.25, -0.2) is 0 Å². The van der Waals surface area contributed by atoms with Crippen LogP contribution in [0.4, 0.5) is 5.69 Å². The summed E-state index contributed by atoms with van der Waals surface area (Å²) in [5.41, 5.74) is 0.253. The fourth-order valence-electron chi connectivity index (χ4n) is 3.00. The van der Waals surface area contributed by atoms with Gasteiger partial charge in [0.25, 0.3) is 17.5 Å². The first-order valence-electron chi connectivity index (χ1n) is 8.71. The van der Waals surface area contributed by atoms with Crippen molar-refractivity contribution in [2.45, 2.75) is 58.3 Å². The van der Waals surface area contributed by atoms with Gasteiger partial charge in [-0.3, -0.25) is 24.6 Å². The van der Waals surface area contributed by atoms with E-state index in [1.807, 2.05) is 0 Å². The molecule has 0 radical (unpaired) electrons. The number of non-ortho nitro benzene ring substituents is 1. The van der Waals surface area contributed by atoms with Crippen molar-refractivity contribution in [3.05, 3.63) is 39.4 Å². The molecule has 24 heavy (non-hydrogen) atoms. The van der Waals surface area contributed by atoms with E-state index in [1.54, 1.807) is 0 Å². The number of nitro benzene ring substituents is 1. The van der Waals surface area contributed by atoms with Crippen LogP contribution in [0.25, 0.3) is 0 Å². The fraction of sp³-hybridized carbons (Fsp3) is 0.556. The van der Waals surface area contributed by atoms with Gasteiger partial charge in [0.15, 0.2) is 0 Å². The number of unbranched alkanes of at least 4 members (excludes halogenated alkanes) is 7. The quantitative estimate of drug-likeness (QED) is 0.276. The highest BCUT2D eigenvalue weighted by Crippen LogP contribution is 2.27. The molecule has 6 nitrogen and oxygen atoms in total. The van der Waals surface area contributed by atoms with E-state index in [1.165, 1.54) is 55.2 Å². The number of amides is 2. The highest BCUT2D eigenvalue weighted by molar-refractivity contribution is 6.21. The summed E-state index contributed by atoms with van der Waals surface area (Å²) < 4.78 is 0. The number of nitro groups is 1. The number of rotatable bonds is 10. The molecule has 0 atom stereocenters. The molecule has 0 aromatic heterocycles. The zero-order valence-corrected chi connectivity index (χ0v) is 14.1. The first-order valence-corrected chi connectivity index (χ1v) is 8.71. The van der Waals surface area contributed by atoms with E-state index in [2.05, 4.69) is 6.92 Å². The monoisotopic (exact) mass is 332 g/mol. The molecule has 0 aliphatic carbocycles. The van der Waals surface area contributed by atoms with E-state index in [0.717, 1.165) is 19.3 Å². The van der Waals surface area contributed by atoms with E-state index >= 15 is 0 Å². The topological polar surface area (TPSA) is 80.5 Å². The molecule has 0 bridgehead atoms. The number of carbonyl (C=O) groups is 2. The SMILES string of the molecule is CCCCCCCCCCN1C(=O)c2ccc([N+](=O)[O-])cc2C1=O. The predicted molar refractivity (Wildman–Crippen MR) is 91.1 cm³/mol. The Hall–Kier alpha value is -2.24. The van der Waals surface area contributed by atoms with Crippen molar-refractivity contribution in [3.63, 3.8) is 0 Å². The standard InChI is InChI=1S/C18H24N2O4/c1-2-3-4-5-6-7-8-9-12-19-17(21)15-11-10-14(20(23)24)13-16(15)18(19)22/h10-11,13H,2-9,12H2,1H3. The van der Waals surface area contributed by atoms with Crippen LogP contribution in [-0.2, 0) is 0 Å². The highest BCUT2D eigenvalue weighted by Gasteiger charge is 2.36. The Morgan fingerprint density at radius 3 is 2.12 bits per heavy atom. The average Bonchev–Trinajstić information content (AvgIpc) is 2.81. The molecule has 1 aromatic carbocycles. The molecular formula is C18H24N2O4.